The van der Waals surface area contributed by atoms with Gasteiger partial charge in [-0.05, 0) is 7.05 Å². The van der Waals surface area contributed by atoms with E-state index in [-0.39, 0.29) is 0 Å². The maximum Gasteiger partial charge on any atom is 0.251 e. The summed E-state index contributed by atoms with van der Waals surface area (Å²) >= 11 is 0. The second kappa shape index (κ2) is 4.44. The third-order valence-corrected chi connectivity index (χ3v) is 2.71. The lowest BCUT2D eigenvalue weighted by Crippen LogP contribution is -2.45. The molecule has 16 heavy (non-hydrogen) atoms. The van der Waals surface area contributed by atoms with E-state index in [0.29, 0.717) is 11.5 Å². The summed E-state index contributed by atoms with van der Waals surface area (Å²) in [5.74, 6) is 0.169. The summed E-state index contributed by atoms with van der Waals surface area (Å²) in [7, 11) is 2.09. The van der Waals surface area contributed by atoms with Crippen LogP contribution in [0.15, 0.2) is 12.4 Å². The van der Waals surface area contributed by atoms with Crippen molar-refractivity contribution in [3.05, 3.63) is 18.0 Å². The SMILES string of the molecule is CN1CCN(c2ncc(C(N)=O)cn2)CC1. The van der Waals surface area contributed by atoms with Crippen molar-refractivity contribution in [1.82, 2.24) is 14.9 Å². The van der Waals surface area contributed by atoms with Crippen LogP contribution in [0.25, 0.3) is 0 Å². The second-order valence-corrected chi connectivity index (χ2v) is 3.93. The highest BCUT2D eigenvalue weighted by Gasteiger charge is 2.16. The summed E-state index contributed by atoms with van der Waals surface area (Å²) < 4.78 is 0. The fourth-order valence-corrected chi connectivity index (χ4v) is 1.62. The molecule has 1 aliphatic rings. The van der Waals surface area contributed by atoms with E-state index in [0.717, 1.165) is 26.2 Å². The molecule has 2 rings (SSSR count). The van der Waals surface area contributed by atoms with E-state index in [9.17, 15) is 4.79 Å². The Kier molecular flexibility index (Phi) is 3.00. The molecule has 86 valence electrons. The van der Waals surface area contributed by atoms with Gasteiger partial charge in [0.2, 0.25) is 5.95 Å². The molecule has 0 saturated carbocycles. The highest BCUT2D eigenvalue weighted by Crippen LogP contribution is 2.09. The molecule has 0 spiro atoms. The van der Waals surface area contributed by atoms with Gasteiger partial charge in [0.15, 0.2) is 0 Å². The molecule has 6 heteroatoms. The Morgan fingerprint density at radius 2 is 1.81 bits per heavy atom. The van der Waals surface area contributed by atoms with Crippen LogP contribution in [-0.4, -0.2) is 54.0 Å². The predicted molar refractivity (Wildman–Crippen MR) is 60.3 cm³/mol. The number of amides is 1. The monoisotopic (exact) mass is 221 g/mol. The van der Waals surface area contributed by atoms with Gasteiger partial charge in [-0.15, -0.1) is 0 Å². The van der Waals surface area contributed by atoms with Crippen LogP contribution in [0.1, 0.15) is 10.4 Å². The highest BCUT2D eigenvalue weighted by atomic mass is 16.1. The van der Waals surface area contributed by atoms with Crippen molar-refractivity contribution in [2.75, 3.05) is 38.1 Å². The number of carbonyl (C=O) groups excluding carboxylic acids is 1. The normalized spacial score (nSPS) is 17.4. The predicted octanol–water partition coefficient (Wildman–Crippen LogP) is -0.673. The third-order valence-electron chi connectivity index (χ3n) is 2.71. The zero-order valence-corrected chi connectivity index (χ0v) is 9.26. The van der Waals surface area contributed by atoms with Gasteiger partial charge in [0, 0.05) is 38.6 Å². The van der Waals surface area contributed by atoms with Crippen molar-refractivity contribution >= 4 is 11.9 Å². The molecular formula is C10H15N5O. The zero-order chi connectivity index (χ0) is 11.5. The first-order valence-electron chi connectivity index (χ1n) is 5.22. The Morgan fingerprint density at radius 3 is 2.31 bits per heavy atom. The fraction of sp³-hybridized carbons (Fsp3) is 0.500. The van der Waals surface area contributed by atoms with E-state index in [2.05, 4.69) is 26.8 Å². The van der Waals surface area contributed by atoms with E-state index >= 15 is 0 Å². The average molecular weight is 221 g/mol. The Hall–Kier alpha value is -1.69. The second-order valence-electron chi connectivity index (χ2n) is 3.93. The minimum absolute atomic E-state index is 0.345. The molecule has 1 fully saturated rings. The quantitative estimate of drug-likeness (QED) is 0.716. The molecule has 1 aromatic rings. The van der Waals surface area contributed by atoms with Gasteiger partial charge in [-0.3, -0.25) is 4.79 Å². The molecule has 0 aromatic carbocycles. The largest absolute Gasteiger partial charge is 0.366 e. The van der Waals surface area contributed by atoms with Crippen molar-refractivity contribution < 1.29 is 4.79 Å². The number of nitrogens with two attached hydrogens (primary N) is 1. The molecule has 0 radical (unpaired) electrons. The molecule has 2 heterocycles. The van der Waals surface area contributed by atoms with Crippen LogP contribution >= 0.6 is 0 Å². The summed E-state index contributed by atoms with van der Waals surface area (Å²) in [5, 5.41) is 0. The van der Waals surface area contributed by atoms with Crippen LogP contribution in [-0.2, 0) is 0 Å². The van der Waals surface area contributed by atoms with Crippen molar-refractivity contribution in [3.8, 4) is 0 Å². The van der Waals surface area contributed by atoms with Gasteiger partial charge in [-0.25, -0.2) is 9.97 Å². The summed E-state index contributed by atoms with van der Waals surface area (Å²) in [6.45, 7) is 3.82. The molecule has 0 unspecified atom stereocenters. The first kappa shape index (κ1) is 10.8. The van der Waals surface area contributed by atoms with Gasteiger partial charge in [0.05, 0.1) is 5.56 Å². The molecule has 0 aliphatic carbocycles. The van der Waals surface area contributed by atoms with Gasteiger partial charge in [0.1, 0.15) is 0 Å². The molecule has 1 amide bonds. The van der Waals surface area contributed by atoms with E-state index in [1.165, 1.54) is 12.4 Å². The minimum Gasteiger partial charge on any atom is -0.366 e. The lowest BCUT2D eigenvalue weighted by molar-refractivity contribution is 0.0999. The van der Waals surface area contributed by atoms with Gasteiger partial charge >= 0.3 is 0 Å². The third kappa shape index (κ3) is 2.27. The number of primary amides is 1. The van der Waals surface area contributed by atoms with E-state index in [1.54, 1.807) is 0 Å². The highest BCUT2D eigenvalue weighted by molar-refractivity contribution is 5.92. The van der Waals surface area contributed by atoms with Crippen molar-refractivity contribution in [1.29, 1.82) is 0 Å². The maximum absolute atomic E-state index is 10.9. The van der Waals surface area contributed by atoms with Crippen LogP contribution < -0.4 is 10.6 Å². The van der Waals surface area contributed by atoms with Crippen molar-refractivity contribution in [2.24, 2.45) is 5.73 Å². The number of nitrogens with zero attached hydrogens (tertiary/aromatic N) is 4. The summed E-state index contributed by atoms with van der Waals surface area (Å²) in [6.07, 6.45) is 2.95. The van der Waals surface area contributed by atoms with Gasteiger partial charge < -0.3 is 15.5 Å². The molecule has 1 saturated heterocycles. The number of likely N-dealkylation sites (N-methyl/N-ethyl adjacent to an activating group) is 1. The van der Waals surface area contributed by atoms with Gasteiger partial charge in [-0.2, -0.15) is 0 Å². The molecule has 2 N–H and O–H groups in total. The smallest absolute Gasteiger partial charge is 0.251 e. The Balaban J connectivity index is 2.07. The van der Waals surface area contributed by atoms with E-state index < -0.39 is 5.91 Å². The standard InChI is InChI=1S/C10H15N5O/c1-14-2-4-15(5-3-14)10-12-6-8(7-13-10)9(11)16/h6-7H,2-5H2,1H3,(H2,11,16). The number of aromatic nitrogens is 2. The fourth-order valence-electron chi connectivity index (χ4n) is 1.62. The molecule has 6 nitrogen and oxygen atoms in total. The van der Waals surface area contributed by atoms with Crippen LogP contribution in [0.5, 0.6) is 0 Å². The summed E-state index contributed by atoms with van der Waals surface area (Å²) in [5.41, 5.74) is 5.47. The van der Waals surface area contributed by atoms with Crippen LogP contribution in [0.2, 0.25) is 0 Å². The zero-order valence-electron chi connectivity index (χ0n) is 9.26. The van der Waals surface area contributed by atoms with Crippen LogP contribution in [0.4, 0.5) is 5.95 Å². The van der Waals surface area contributed by atoms with Crippen LogP contribution in [0.3, 0.4) is 0 Å². The molecule has 1 aromatic heterocycles. The number of rotatable bonds is 2. The van der Waals surface area contributed by atoms with E-state index in [1.807, 2.05) is 0 Å². The number of carbonyl (C=O) groups is 1. The Labute approximate surface area is 94.1 Å². The molecule has 0 atom stereocenters. The van der Waals surface area contributed by atoms with Crippen molar-refractivity contribution in [3.63, 3.8) is 0 Å². The maximum atomic E-state index is 10.9. The van der Waals surface area contributed by atoms with Crippen molar-refractivity contribution in [2.45, 2.75) is 0 Å². The molecule has 1 aliphatic heterocycles. The summed E-state index contributed by atoms with van der Waals surface area (Å²) in [4.78, 5) is 23.5. The van der Waals surface area contributed by atoms with Gasteiger partial charge in [-0.1, -0.05) is 0 Å². The Bertz CT molecular complexity index is 369. The first-order valence-corrected chi connectivity index (χ1v) is 5.22. The first-order chi connectivity index (χ1) is 7.66. The van der Waals surface area contributed by atoms with E-state index in [4.69, 9.17) is 5.73 Å². The molecule has 0 bridgehead atoms. The topological polar surface area (TPSA) is 75.3 Å². The van der Waals surface area contributed by atoms with Gasteiger partial charge in [0.25, 0.3) is 5.91 Å². The number of hydrogen-bond donors (Lipinski definition) is 1. The van der Waals surface area contributed by atoms with Crippen LogP contribution in [0, 0.1) is 0 Å². The Morgan fingerprint density at radius 1 is 1.25 bits per heavy atom. The number of hydrogen-bond acceptors (Lipinski definition) is 5. The lowest BCUT2D eigenvalue weighted by Gasteiger charge is -2.32. The number of piperazine rings is 1. The minimum atomic E-state index is -0.495. The average Bonchev–Trinajstić information content (AvgIpc) is 2.30. The summed E-state index contributed by atoms with van der Waals surface area (Å²) in [6, 6.07) is 0. The molecular weight excluding hydrogens is 206 g/mol. The number of anilines is 1. The lowest BCUT2D eigenvalue weighted by atomic mass is 10.3.